The minimum Gasteiger partial charge on any atom is -0.463 e. The molecule has 0 amide bonds. The van der Waals surface area contributed by atoms with Crippen LogP contribution in [0.25, 0.3) is 0 Å². The Bertz CT molecular complexity index is 613. The van der Waals surface area contributed by atoms with Gasteiger partial charge in [-0.1, -0.05) is 12.8 Å². The number of ether oxygens (including phenoxy) is 3. The first-order valence-corrected chi connectivity index (χ1v) is 9.04. The lowest BCUT2D eigenvalue weighted by Gasteiger charge is -2.57. The second kappa shape index (κ2) is 6.24. The lowest BCUT2D eigenvalue weighted by molar-refractivity contribution is -0.556. The van der Waals surface area contributed by atoms with Crippen LogP contribution < -0.4 is 0 Å². The molecule has 1 saturated carbocycles. The van der Waals surface area contributed by atoms with Crippen molar-refractivity contribution in [3.63, 3.8) is 0 Å². The van der Waals surface area contributed by atoms with E-state index in [-0.39, 0.29) is 25.0 Å². The average molecular weight is 352 g/mol. The maximum Gasteiger partial charge on any atom is 0.235 e. The van der Waals surface area contributed by atoms with Crippen molar-refractivity contribution in [3.8, 4) is 12.3 Å². The van der Waals surface area contributed by atoms with Gasteiger partial charge in [-0.15, -0.1) is 6.42 Å². The maximum atomic E-state index is 13.7. The van der Waals surface area contributed by atoms with Gasteiger partial charge in [0.25, 0.3) is 0 Å². The third kappa shape index (κ3) is 2.52. The van der Waals surface area contributed by atoms with Gasteiger partial charge in [-0.3, -0.25) is 0 Å². The van der Waals surface area contributed by atoms with Gasteiger partial charge in [0, 0.05) is 23.8 Å². The van der Waals surface area contributed by atoms with E-state index in [2.05, 4.69) is 12.8 Å². The van der Waals surface area contributed by atoms with E-state index in [0.29, 0.717) is 11.7 Å². The molecule has 6 atom stereocenters. The first-order valence-electron chi connectivity index (χ1n) is 9.04. The number of allylic oxidation sites excluding steroid dienone is 1. The summed E-state index contributed by atoms with van der Waals surface area (Å²) in [7, 11) is 0. The highest BCUT2D eigenvalue weighted by atomic mass is 19.1. The second-order valence-corrected chi connectivity index (χ2v) is 7.75. The van der Waals surface area contributed by atoms with Crippen molar-refractivity contribution in [1.82, 2.24) is 0 Å². The molecule has 0 aromatic heterocycles. The molecule has 0 N–H and O–H groups in total. The van der Waals surface area contributed by atoms with E-state index in [1.807, 2.05) is 6.92 Å². The molecular weight excluding hydrogens is 327 g/mol. The molecule has 4 fully saturated rings. The number of hydrogen-bond donors (Lipinski definition) is 0. The Hall–Kier alpha value is -1.13. The molecule has 2 bridgehead atoms. The molecule has 1 spiro atoms. The second-order valence-electron chi connectivity index (χ2n) is 7.75. The van der Waals surface area contributed by atoms with Gasteiger partial charge in [0.15, 0.2) is 5.60 Å². The summed E-state index contributed by atoms with van der Waals surface area (Å²) < 4.78 is 31.4. The Kier molecular flexibility index (Phi) is 4.32. The Balaban J connectivity index is 1.76. The number of terminal acetylenes is 1. The van der Waals surface area contributed by atoms with Crippen molar-refractivity contribution < 1.29 is 28.4 Å². The molecule has 3 saturated heterocycles. The van der Waals surface area contributed by atoms with Crippen LogP contribution in [-0.4, -0.2) is 37.6 Å². The first-order chi connectivity index (χ1) is 12.0. The largest absolute Gasteiger partial charge is 0.463 e. The SMILES string of the molecule is C#CCOCC1=C(CF)O[C@@H]2O[C@]3(C)CCC4[C@H](C)CC[C@@H]1[C@]42OO3. The van der Waals surface area contributed by atoms with Crippen molar-refractivity contribution >= 4 is 0 Å². The third-order valence-corrected chi connectivity index (χ3v) is 6.31. The molecule has 0 aromatic carbocycles. The van der Waals surface area contributed by atoms with Crippen molar-refractivity contribution in [2.75, 3.05) is 19.9 Å². The minimum atomic E-state index is -0.851. The van der Waals surface area contributed by atoms with Crippen molar-refractivity contribution in [2.24, 2.45) is 17.8 Å². The summed E-state index contributed by atoms with van der Waals surface area (Å²) in [6.45, 7) is 3.81. The van der Waals surface area contributed by atoms with Crippen LogP contribution in [0.5, 0.6) is 0 Å². The standard InChI is InChI=1S/C19H25FO5/c1-4-9-21-11-13-15-6-5-12(2)14-7-8-18(3)23-17(22-16(13)10-20)19(14,15)25-24-18/h1,12,14-15,17H,5-11H2,2-3H3/t12-,14?,15+,17-,18+,19-/m1/s1. The molecule has 0 aromatic rings. The normalized spacial score (nSPS) is 45.4. The first kappa shape index (κ1) is 17.3. The van der Waals surface area contributed by atoms with Gasteiger partial charge < -0.3 is 14.2 Å². The molecule has 4 heterocycles. The van der Waals surface area contributed by atoms with Gasteiger partial charge in [-0.05, 0) is 32.1 Å². The summed E-state index contributed by atoms with van der Waals surface area (Å²) in [4.78, 5) is 11.7. The topological polar surface area (TPSA) is 46.2 Å². The molecule has 5 rings (SSSR count). The van der Waals surface area contributed by atoms with Crippen LogP contribution in [0.2, 0.25) is 0 Å². The van der Waals surface area contributed by atoms with E-state index in [4.69, 9.17) is 30.4 Å². The van der Waals surface area contributed by atoms with E-state index in [9.17, 15) is 4.39 Å². The van der Waals surface area contributed by atoms with Crippen LogP contribution in [0.4, 0.5) is 4.39 Å². The van der Waals surface area contributed by atoms with Gasteiger partial charge in [0.2, 0.25) is 12.1 Å². The smallest absolute Gasteiger partial charge is 0.235 e. The van der Waals surface area contributed by atoms with Gasteiger partial charge in [-0.25, -0.2) is 14.2 Å². The quantitative estimate of drug-likeness (QED) is 0.442. The van der Waals surface area contributed by atoms with Crippen LogP contribution in [0.1, 0.15) is 39.5 Å². The predicted molar refractivity (Wildman–Crippen MR) is 86.5 cm³/mol. The van der Waals surface area contributed by atoms with Crippen LogP contribution in [0, 0.1) is 30.1 Å². The van der Waals surface area contributed by atoms with E-state index in [1.54, 1.807) is 0 Å². The zero-order chi connectivity index (χ0) is 17.7. The van der Waals surface area contributed by atoms with Crippen molar-refractivity contribution in [1.29, 1.82) is 0 Å². The van der Waals surface area contributed by atoms with Gasteiger partial charge in [-0.2, -0.15) is 0 Å². The molecule has 1 unspecified atom stereocenters. The van der Waals surface area contributed by atoms with E-state index in [1.165, 1.54) is 0 Å². The number of fused-ring (bicyclic) bond motifs is 2. The summed E-state index contributed by atoms with van der Waals surface area (Å²) >= 11 is 0. The lowest BCUT2D eigenvalue weighted by atomic mass is 9.59. The summed E-state index contributed by atoms with van der Waals surface area (Å²) in [6.07, 6.45) is 8.17. The average Bonchev–Trinajstić information content (AvgIpc) is 2.83. The third-order valence-electron chi connectivity index (χ3n) is 6.31. The lowest BCUT2D eigenvalue weighted by Crippen LogP contribution is -2.67. The fourth-order valence-corrected chi connectivity index (χ4v) is 5.06. The number of halogens is 1. The number of hydrogen-bond acceptors (Lipinski definition) is 5. The number of rotatable bonds is 4. The Morgan fingerprint density at radius 1 is 1.32 bits per heavy atom. The molecule has 138 valence electrons. The van der Waals surface area contributed by atoms with Crippen LogP contribution in [0.15, 0.2) is 11.3 Å². The highest BCUT2D eigenvalue weighted by Gasteiger charge is 2.68. The van der Waals surface area contributed by atoms with Crippen LogP contribution >= 0.6 is 0 Å². The summed E-state index contributed by atoms with van der Waals surface area (Å²) in [5.74, 6) is 2.51. The minimum absolute atomic E-state index is 0.0568. The monoisotopic (exact) mass is 352 g/mol. The molecule has 5 nitrogen and oxygen atoms in total. The summed E-state index contributed by atoms with van der Waals surface area (Å²) in [5.41, 5.74) is 0.0462. The van der Waals surface area contributed by atoms with E-state index >= 15 is 0 Å². The predicted octanol–water partition coefficient (Wildman–Crippen LogP) is 3.11. The zero-order valence-corrected chi connectivity index (χ0v) is 14.8. The van der Waals surface area contributed by atoms with Crippen molar-refractivity contribution in [3.05, 3.63) is 11.3 Å². The van der Waals surface area contributed by atoms with Gasteiger partial charge in [0.1, 0.15) is 19.0 Å². The van der Waals surface area contributed by atoms with Gasteiger partial charge >= 0.3 is 0 Å². The fraction of sp³-hybridized carbons (Fsp3) is 0.789. The van der Waals surface area contributed by atoms with Gasteiger partial charge in [0.05, 0.1) is 6.61 Å². The van der Waals surface area contributed by atoms with Crippen molar-refractivity contribution in [2.45, 2.75) is 57.2 Å². The van der Waals surface area contributed by atoms with Crippen LogP contribution in [-0.2, 0) is 24.0 Å². The highest BCUT2D eigenvalue weighted by Crippen LogP contribution is 2.60. The summed E-state index contributed by atoms with van der Waals surface area (Å²) in [6, 6.07) is 0. The zero-order valence-electron chi connectivity index (χ0n) is 14.8. The molecule has 0 radical (unpaired) electrons. The molecule has 4 aliphatic heterocycles. The van der Waals surface area contributed by atoms with E-state index < -0.39 is 24.4 Å². The Morgan fingerprint density at radius 3 is 2.92 bits per heavy atom. The molecule has 25 heavy (non-hydrogen) atoms. The molecular formula is C19H25FO5. The molecule has 5 aliphatic rings. The Labute approximate surface area is 147 Å². The van der Waals surface area contributed by atoms with Crippen LogP contribution in [0.3, 0.4) is 0 Å². The number of alkyl halides is 1. The molecule has 6 heteroatoms. The Morgan fingerprint density at radius 2 is 2.16 bits per heavy atom. The summed E-state index contributed by atoms with van der Waals surface area (Å²) in [5, 5.41) is 0. The van der Waals surface area contributed by atoms with E-state index in [0.717, 1.165) is 31.3 Å². The maximum absolute atomic E-state index is 13.7. The molecule has 1 aliphatic carbocycles. The highest BCUT2D eigenvalue weighted by molar-refractivity contribution is 5.26. The fourth-order valence-electron chi connectivity index (χ4n) is 5.06.